The SMILES string of the molecule is O=C(CSc1nc2cc(Cl)ccc2o1)c1ccc(Br)cc1. The number of carbonyl (C=O) groups excluding carboxylic acids is 1. The number of oxazole rings is 1. The van der Waals surface area contributed by atoms with Gasteiger partial charge in [0.25, 0.3) is 5.22 Å². The van der Waals surface area contributed by atoms with Crippen LogP contribution in [0, 0.1) is 0 Å². The fourth-order valence-corrected chi connectivity index (χ4v) is 2.95. The molecular weight excluding hydrogens is 374 g/mol. The highest BCUT2D eigenvalue weighted by atomic mass is 79.9. The van der Waals surface area contributed by atoms with Crippen LogP contribution < -0.4 is 0 Å². The number of Topliss-reactive ketones (excluding diaryl/α,β-unsaturated/α-hetero) is 1. The molecule has 1 aromatic heterocycles. The maximum absolute atomic E-state index is 12.1. The van der Waals surface area contributed by atoms with E-state index in [2.05, 4.69) is 20.9 Å². The van der Waals surface area contributed by atoms with E-state index in [4.69, 9.17) is 16.0 Å². The van der Waals surface area contributed by atoms with E-state index in [1.165, 1.54) is 11.8 Å². The molecule has 0 unspecified atom stereocenters. The topological polar surface area (TPSA) is 43.1 Å². The van der Waals surface area contributed by atoms with Crippen molar-refractivity contribution in [2.24, 2.45) is 0 Å². The van der Waals surface area contributed by atoms with Crippen molar-refractivity contribution in [3.63, 3.8) is 0 Å². The number of rotatable bonds is 4. The molecule has 0 spiro atoms. The average Bonchev–Trinajstić information content (AvgIpc) is 2.87. The molecule has 0 aliphatic carbocycles. The first-order valence-electron chi connectivity index (χ1n) is 6.09. The summed E-state index contributed by atoms with van der Waals surface area (Å²) in [5.41, 5.74) is 2.03. The lowest BCUT2D eigenvalue weighted by Gasteiger charge is -1.99. The number of halogens is 2. The number of ketones is 1. The van der Waals surface area contributed by atoms with E-state index in [1.807, 2.05) is 12.1 Å². The molecule has 1 heterocycles. The largest absolute Gasteiger partial charge is 0.431 e. The normalized spacial score (nSPS) is 11.0. The van der Waals surface area contributed by atoms with Gasteiger partial charge < -0.3 is 4.42 Å². The van der Waals surface area contributed by atoms with Gasteiger partial charge in [-0.3, -0.25) is 4.79 Å². The van der Waals surface area contributed by atoms with Crippen LogP contribution in [-0.4, -0.2) is 16.5 Å². The minimum atomic E-state index is 0.0350. The van der Waals surface area contributed by atoms with E-state index in [0.717, 1.165) is 4.47 Å². The zero-order chi connectivity index (χ0) is 14.8. The Morgan fingerprint density at radius 1 is 1.24 bits per heavy atom. The molecule has 6 heteroatoms. The van der Waals surface area contributed by atoms with Crippen molar-refractivity contribution in [3.05, 3.63) is 57.5 Å². The molecule has 0 fully saturated rings. The summed E-state index contributed by atoms with van der Waals surface area (Å²) < 4.78 is 6.51. The van der Waals surface area contributed by atoms with Gasteiger partial charge in [0.05, 0.1) is 5.75 Å². The van der Waals surface area contributed by atoms with Gasteiger partial charge in [0.1, 0.15) is 5.52 Å². The molecule has 0 amide bonds. The first kappa shape index (κ1) is 14.6. The lowest BCUT2D eigenvalue weighted by atomic mass is 10.2. The number of nitrogens with zero attached hydrogens (tertiary/aromatic N) is 1. The second-order valence-electron chi connectivity index (χ2n) is 4.31. The number of thioether (sulfide) groups is 1. The second kappa shape index (κ2) is 6.22. The van der Waals surface area contributed by atoms with Crippen molar-refractivity contribution < 1.29 is 9.21 Å². The van der Waals surface area contributed by atoms with Gasteiger partial charge in [0.2, 0.25) is 0 Å². The summed E-state index contributed by atoms with van der Waals surface area (Å²) >= 11 is 10.5. The Balaban J connectivity index is 1.71. The third-order valence-corrected chi connectivity index (χ3v) is 4.41. The van der Waals surface area contributed by atoms with E-state index in [0.29, 0.717) is 26.9 Å². The highest BCUT2D eigenvalue weighted by Crippen LogP contribution is 2.26. The molecule has 0 atom stereocenters. The Morgan fingerprint density at radius 2 is 2.00 bits per heavy atom. The molecule has 21 heavy (non-hydrogen) atoms. The van der Waals surface area contributed by atoms with Crippen LogP contribution in [0.25, 0.3) is 11.1 Å². The van der Waals surface area contributed by atoms with Crippen molar-refractivity contribution >= 4 is 56.2 Å². The number of benzene rings is 2. The number of hydrogen-bond donors (Lipinski definition) is 0. The number of carbonyl (C=O) groups is 1. The lowest BCUT2D eigenvalue weighted by molar-refractivity contribution is 0.102. The van der Waals surface area contributed by atoms with Crippen molar-refractivity contribution in [1.29, 1.82) is 0 Å². The molecular formula is C15H9BrClNO2S. The minimum absolute atomic E-state index is 0.0350. The van der Waals surface area contributed by atoms with Crippen LogP contribution in [0.4, 0.5) is 0 Å². The van der Waals surface area contributed by atoms with Gasteiger partial charge in [-0.25, -0.2) is 4.98 Å². The van der Waals surface area contributed by atoms with E-state index in [1.54, 1.807) is 30.3 Å². The Kier molecular flexibility index (Phi) is 4.33. The molecule has 3 aromatic rings. The van der Waals surface area contributed by atoms with Gasteiger partial charge in [0.15, 0.2) is 11.4 Å². The first-order chi connectivity index (χ1) is 10.1. The smallest absolute Gasteiger partial charge is 0.257 e. The Morgan fingerprint density at radius 3 is 2.76 bits per heavy atom. The minimum Gasteiger partial charge on any atom is -0.431 e. The zero-order valence-corrected chi connectivity index (χ0v) is 13.8. The summed E-state index contributed by atoms with van der Waals surface area (Å²) in [5.74, 6) is 0.315. The van der Waals surface area contributed by atoms with Crippen molar-refractivity contribution in [2.75, 3.05) is 5.75 Å². The molecule has 0 aliphatic heterocycles. The van der Waals surface area contributed by atoms with Crippen molar-refractivity contribution in [1.82, 2.24) is 4.98 Å². The fraction of sp³-hybridized carbons (Fsp3) is 0.0667. The second-order valence-corrected chi connectivity index (χ2v) is 6.59. The molecule has 2 aromatic carbocycles. The van der Waals surface area contributed by atoms with Crippen LogP contribution >= 0.6 is 39.3 Å². The summed E-state index contributed by atoms with van der Waals surface area (Å²) in [6.07, 6.45) is 0. The van der Waals surface area contributed by atoms with Gasteiger partial charge in [-0.1, -0.05) is 51.4 Å². The van der Waals surface area contributed by atoms with Crippen LogP contribution in [0.2, 0.25) is 5.02 Å². The molecule has 106 valence electrons. The number of fused-ring (bicyclic) bond motifs is 1. The van der Waals surface area contributed by atoms with Crippen LogP contribution in [0.1, 0.15) is 10.4 Å². The van der Waals surface area contributed by atoms with Gasteiger partial charge in [-0.05, 0) is 30.3 Å². The summed E-state index contributed by atoms with van der Waals surface area (Å²) in [6.45, 7) is 0. The maximum Gasteiger partial charge on any atom is 0.257 e. The molecule has 0 saturated heterocycles. The van der Waals surface area contributed by atoms with Crippen molar-refractivity contribution in [2.45, 2.75) is 5.22 Å². The van der Waals surface area contributed by atoms with Crippen LogP contribution in [0.5, 0.6) is 0 Å². The fourth-order valence-electron chi connectivity index (χ4n) is 1.79. The van der Waals surface area contributed by atoms with E-state index >= 15 is 0 Å². The van der Waals surface area contributed by atoms with Gasteiger partial charge >= 0.3 is 0 Å². The van der Waals surface area contributed by atoms with Gasteiger partial charge in [0, 0.05) is 15.1 Å². The maximum atomic E-state index is 12.1. The summed E-state index contributed by atoms with van der Waals surface area (Å²) in [5, 5.41) is 1.08. The number of aromatic nitrogens is 1. The lowest BCUT2D eigenvalue weighted by Crippen LogP contribution is -2.01. The monoisotopic (exact) mass is 381 g/mol. The van der Waals surface area contributed by atoms with E-state index in [9.17, 15) is 4.79 Å². The van der Waals surface area contributed by atoms with E-state index in [-0.39, 0.29) is 11.5 Å². The summed E-state index contributed by atoms with van der Waals surface area (Å²) in [6, 6.07) is 12.5. The van der Waals surface area contributed by atoms with Crippen LogP contribution in [-0.2, 0) is 0 Å². The molecule has 3 rings (SSSR count). The molecule has 0 bridgehead atoms. The predicted molar refractivity (Wildman–Crippen MR) is 88.2 cm³/mol. The summed E-state index contributed by atoms with van der Waals surface area (Å²) in [7, 11) is 0. The van der Waals surface area contributed by atoms with Crippen molar-refractivity contribution in [3.8, 4) is 0 Å². The predicted octanol–water partition coefficient (Wildman–Crippen LogP) is 5.22. The molecule has 0 aliphatic rings. The molecule has 0 N–H and O–H groups in total. The third-order valence-electron chi connectivity index (χ3n) is 2.82. The van der Waals surface area contributed by atoms with Gasteiger partial charge in [-0.2, -0.15) is 0 Å². The standard InChI is InChI=1S/C15H9BrClNO2S/c16-10-3-1-9(2-4-10)13(19)8-21-15-18-12-7-11(17)5-6-14(12)20-15/h1-7H,8H2. The average molecular weight is 383 g/mol. The Labute approximate surface area is 138 Å². The third kappa shape index (κ3) is 3.48. The zero-order valence-electron chi connectivity index (χ0n) is 10.7. The Bertz CT molecular complexity index is 801. The highest BCUT2D eigenvalue weighted by molar-refractivity contribution is 9.10. The Hall–Kier alpha value is -1.30. The quantitative estimate of drug-likeness (QED) is 0.458. The molecule has 0 radical (unpaired) electrons. The van der Waals surface area contributed by atoms with Gasteiger partial charge in [-0.15, -0.1) is 0 Å². The van der Waals surface area contributed by atoms with Crippen LogP contribution in [0.15, 0.2) is 56.6 Å². The van der Waals surface area contributed by atoms with E-state index < -0.39 is 0 Å². The first-order valence-corrected chi connectivity index (χ1v) is 8.25. The molecule has 0 saturated carbocycles. The molecule has 3 nitrogen and oxygen atoms in total. The highest BCUT2D eigenvalue weighted by Gasteiger charge is 2.11. The van der Waals surface area contributed by atoms with Crippen LogP contribution in [0.3, 0.4) is 0 Å². The summed E-state index contributed by atoms with van der Waals surface area (Å²) in [4.78, 5) is 16.4. The number of hydrogen-bond acceptors (Lipinski definition) is 4.